The summed E-state index contributed by atoms with van der Waals surface area (Å²) in [5, 5.41) is 17.3. The van der Waals surface area contributed by atoms with Crippen LogP contribution in [0.3, 0.4) is 0 Å². The largest absolute Gasteiger partial charge is 0.466 e. The Kier molecular flexibility index (Phi) is 2.51. The van der Waals surface area contributed by atoms with Crippen LogP contribution in [-0.2, 0) is 9.53 Å². The SMILES string of the molecule is CCOC(=O)[C@H]1CC1B(O)O. The number of ether oxygens (including phenoxy) is 1. The lowest BCUT2D eigenvalue weighted by molar-refractivity contribution is -0.144. The van der Waals surface area contributed by atoms with Crippen LogP contribution in [0.1, 0.15) is 13.3 Å². The fourth-order valence-electron chi connectivity index (χ4n) is 1.06. The van der Waals surface area contributed by atoms with Gasteiger partial charge in [-0.1, -0.05) is 0 Å². The summed E-state index contributed by atoms with van der Waals surface area (Å²) in [5.41, 5.74) is 0. The Bertz CT molecular complexity index is 159. The number of carbonyl (C=O) groups is 1. The van der Waals surface area contributed by atoms with E-state index in [1.54, 1.807) is 6.92 Å². The van der Waals surface area contributed by atoms with Crippen LogP contribution >= 0.6 is 0 Å². The molecular weight excluding hydrogens is 147 g/mol. The molecule has 0 aliphatic heterocycles. The molecule has 0 spiro atoms. The summed E-state index contributed by atoms with van der Waals surface area (Å²) in [6.07, 6.45) is 0.538. The molecule has 62 valence electrons. The maximum absolute atomic E-state index is 10.9. The van der Waals surface area contributed by atoms with Crippen molar-refractivity contribution in [2.75, 3.05) is 6.61 Å². The maximum Gasteiger partial charge on any atom is 0.455 e. The van der Waals surface area contributed by atoms with Gasteiger partial charge in [0.2, 0.25) is 0 Å². The van der Waals surface area contributed by atoms with Crippen LogP contribution in [0.5, 0.6) is 0 Å². The lowest BCUT2D eigenvalue weighted by atomic mass is 9.82. The van der Waals surface area contributed by atoms with Crippen molar-refractivity contribution in [1.29, 1.82) is 0 Å². The van der Waals surface area contributed by atoms with Crippen LogP contribution in [0, 0.1) is 5.92 Å². The van der Waals surface area contributed by atoms with Crippen LogP contribution in [0.4, 0.5) is 0 Å². The molecule has 2 atom stereocenters. The van der Waals surface area contributed by atoms with Gasteiger partial charge in [0.05, 0.1) is 12.5 Å². The standard InChI is InChI=1S/C6H11BO4/c1-2-11-6(8)4-3-5(4)7(9)10/h4-5,9-10H,2-3H2,1H3/t4-,5?/m0/s1. The molecule has 0 radical (unpaired) electrons. The first-order valence-electron chi connectivity index (χ1n) is 3.69. The third-order valence-electron chi connectivity index (χ3n) is 1.81. The number of rotatable bonds is 3. The molecule has 0 amide bonds. The molecule has 1 unspecified atom stereocenters. The summed E-state index contributed by atoms with van der Waals surface area (Å²) in [5.74, 6) is -0.894. The van der Waals surface area contributed by atoms with Gasteiger partial charge < -0.3 is 14.8 Å². The minimum absolute atomic E-state index is 0.282. The average Bonchev–Trinajstić information content (AvgIpc) is 2.65. The highest BCUT2D eigenvalue weighted by Crippen LogP contribution is 2.46. The van der Waals surface area contributed by atoms with Crippen LogP contribution in [0.15, 0.2) is 0 Å². The number of hydrogen-bond acceptors (Lipinski definition) is 4. The van der Waals surface area contributed by atoms with Gasteiger partial charge in [-0.3, -0.25) is 4.79 Å². The number of hydrogen-bond donors (Lipinski definition) is 2. The second-order valence-corrected chi connectivity index (χ2v) is 2.67. The van der Waals surface area contributed by atoms with Crippen LogP contribution in [0.2, 0.25) is 5.82 Å². The highest BCUT2D eigenvalue weighted by atomic mass is 16.5. The Morgan fingerprint density at radius 1 is 1.73 bits per heavy atom. The maximum atomic E-state index is 10.9. The molecule has 2 N–H and O–H groups in total. The molecule has 1 fully saturated rings. The van der Waals surface area contributed by atoms with Crippen LogP contribution < -0.4 is 0 Å². The Morgan fingerprint density at radius 2 is 2.36 bits per heavy atom. The summed E-state index contributed by atoms with van der Waals surface area (Å²) in [7, 11) is -1.37. The van der Waals surface area contributed by atoms with E-state index >= 15 is 0 Å². The van der Waals surface area contributed by atoms with Gasteiger partial charge in [-0.25, -0.2) is 0 Å². The molecule has 1 saturated carbocycles. The zero-order valence-electron chi connectivity index (χ0n) is 6.36. The van der Waals surface area contributed by atoms with Crippen molar-refractivity contribution in [2.24, 2.45) is 5.92 Å². The molecule has 11 heavy (non-hydrogen) atoms. The zero-order valence-corrected chi connectivity index (χ0v) is 6.36. The molecule has 0 aromatic carbocycles. The van der Waals surface area contributed by atoms with Gasteiger partial charge >= 0.3 is 13.1 Å². The van der Waals surface area contributed by atoms with Crippen LogP contribution in [-0.4, -0.2) is 29.7 Å². The van der Waals surface area contributed by atoms with E-state index in [0.717, 1.165) is 0 Å². The van der Waals surface area contributed by atoms with E-state index in [0.29, 0.717) is 13.0 Å². The van der Waals surface area contributed by atoms with Gasteiger partial charge in [-0.15, -0.1) is 0 Å². The monoisotopic (exact) mass is 158 g/mol. The molecule has 5 heteroatoms. The fraction of sp³-hybridized carbons (Fsp3) is 0.833. The van der Waals surface area contributed by atoms with E-state index in [1.807, 2.05) is 0 Å². The summed E-state index contributed by atoms with van der Waals surface area (Å²) >= 11 is 0. The van der Waals surface area contributed by atoms with E-state index in [4.69, 9.17) is 10.0 Å². The predicted molar refractivity (Wildman–Crippen MR) is 38.7 cm³/mol. The van der Waals surface area contributed by atoms with Crippen molar-refractivity contribution < 1.29 is 19.6 Å². The van der Waals surface area contributed by atoms with Crippen molar-refractivity contribution in [1.82, 2.24) is 0 Å². The van der Waals surface area contributed by atoms with Crippen molar-refractivity contribution in [3.63, 3.8) is 0 Å². The summed E-state index contributed by atoms with van der Waals surface area (Å²) in [4.78, 5) is 10.9. The molecular formula is C6H11BO4. The molecule has 0 saturated heterocycles. The lowest BCUT2D eigenvalue weighted by Crippen LogP contribution is -2.15. The second-order valence-electron chi connectivity index (χ2n) is 2.67. The quantitative estimate of drug-likeness (QED) is 0.425. The zero-order chi connectivity index (χ0) is 8.43. The second kappa shape index (κ2) is 3.23. The molecule has 1 aliphatic rings. The van der Waals surface area contributed by atoms with Crippen molar-refractivity contribution in [3.8, 4) is 0 Å². The number of carbonyl (C=O) groups excluding carboxylic acids is 1. The minimum atomic E-state index is -1.37. The van der Waals surface area contributed by atoms with E-state index in [2.05, 4.69) is 4.74 Å². The Labute approximate surface area is 65.3 Å². The fourth-order valence-corrected chi connectivity index (χ4v) is 1.06. The van der Waals surface area contributed by atoms with Gasteiger partial charge in [-0.05, 0) is 13.3 Å². The molecule has 1 aliphatic carbocycles. The normalized spacial score (nSPS) is 27.9. The summed E-state index contributed by atoms with van der Waals surface area (Å²) in [6, 6.07) is 0. The van der Waals surface area contributed by atoms with Gasteiger partial charge in [0, 0.05) is 5.82 Å². The van der Waals surface area contributed by atoms with E-state index in [-0.39, 0.29) is 17.7 Å². The van der Waals surface area contributed by atoms with Gasteiger partial charge in [0.25, 0.3) is 0 Å². The molecule has 0 bridgehead atoms. The smallest absolute Gasteiger partial charge is 0.455 e. The lowest BCUT2D eigenvalue weighted by Gasteiger charge is -1.99. The first-order valence-corrected chi connectivity index (χ1v) is 3.69. The average molecular weight is 158 g/mol. The molecule has 0 aromatic heterocycles. The minimum Gasteiger partial charge on any atom is -0.466 e. The predicted octanol–water partition coefficient (Wildman–Crippen LogP) is -0.588. The van der Waals surface area contributed by atoms with E-state index < -0.39 is 7.12 Å². The molecule has 0 heterocycles. The van der Waals surface area contributed by atoms with Crippen molar-refractivity contribution >= 4 is 13.1 Å². The van der Waals surface area contributed by atoms with Crippen molar-refractivity contribution in [2.45, 2.75) is 19.2 Å². The Morgan fingerprint density at radius 3 is 2.73 bits per heavy atom. The molecule has 4 nitrogen and oxygen atoms in total. The highest BCUT2D eigenvalue weighted by molar-refractivity contribution is 6.45. The first-order chi connectivity index (χ1) is 5.16. The van der Waals surface area contributed by atoms with Crippen LogP contribution in [0.25, 0.3) is 0 Å². The Hall–Kier alpha value is -0.545. The summed E-state index contributed by atoms with van der Waals surface area (Å²) < 4.78 is 4.69. The number of esters is 1. The van der Waals surface area contributed by atoms with Crippen molar-refractivity contribution in [3.05, 3.63) is 0 Å². The van der Waals surface area contributed by atoms with Gasteiger partial charge in [0.1, 0.15) is 0 Å². The van der Waals surface area contributed by atoms with Gasteiger partial charge in [0.15, 0.2) is 0 Å². The third kappa shape index (κ3) is 1.94. The molecule has 1 rings (SSSR count). The Balaban J connectivity index is 2.26. The molecule has 0 aromatic rings. The van der Waals surface area contributed by atoms with E-state index in [9.17, 15) is 4.79 Å². The van der Waals surface area contributed by atoms with E-state index in [1.165, 1.54) is 0 Å². The third-order valence-corrected chi connectivity index (χ3v) is 1.81. The van der Waals surface area contributed by atoms with Gasteiger partial charge in [-0.2, -0.15) is 0 Å². The highest BCUT2D eigenvalue weighted by Gasteiger charge is 2.50. The topological polar surface area (TPSA) is 66.8 Å². The first kappa shape index (κ1) is 8.55. The summed E-state index contributed by atoms with van der Waals surface area (Å²) in [6.45, 7) is 2.08.